The van der Waals surface area contributed by atoms with Gasteiger partial charge in [-0.25, -0.2) is 0 Å². The number of fused-ring (bicyclic) bond motifs is 1. The van der Waals surface area contributed by atoms with Gasteiger partial charge in [0.25, 0.3) is 11.8 Å². The molecule has 304 valence electrons. The number of nitrogens with zero attached hydrogens (tertiary/aromatic N) is 5. The minimum atomic E-state index is 0.0897. The number of hydrogen-bond donors (Lipinski definition) is 0. The Hall–Kier alpha value is -4.11. The first-order chi connectivity index (χ1) is 27.2. The highest BCUT2D eigenvalue weighted by atomic mass is 79.9. The van der Waals surface area contributed by atoms with Crippen LogP contribution in [0.1, 0.15) is 118 Å². The highest BCUT2D eigenvalue weighted by Gasteiger charge is 2.24. The largest absolute Gasteiger partial charge is 0.334 e. The van der Waals surface area contributed by atoms with Crippen LogP contribution in [0.25, 0.3) is 21.0 Å². The SMILES string of the molecule is CC(C)N(C(=O)c1ccc(C(=C2CCN(C)CC2)c2cccc3cccnc23)cc1)C(C)C.CC(C)N(C(=O)c1ccc(C(Br)=C2CCN(C)CC2)cc1)C(C)C. The summed E-state index contributed by atoms with van der Waals surface area (Å²) in [5.41, 5.74) is 10.2. The van der Waals surface area contributed by atoms with Gasteiger partial charge in [0.05, 0.1) is 5.52 Å². The van der Waals surface area contributed by atoms with Crippen molar-refractivity contribution in [2.24, 2.45) is 0 Å². The zero-order valence-electron chi connectivity index (χ0n) is 36.0. The second-order valence-corrected chi connectivity index (χ2v) is 17.6. The Bertz CT molecular complexity index is 2010. The number of halogens is 1. The summed E-state index contributed by atoms with van der Waals surface area (Å²) in [6.07, 6.45) is 6.17. The minimum absolute atomic E-state index is 0.0897. The summed E-state index contributed by atoms with van der Waals surface area (Å²) < 4.78 is 1.19. The Morgan fingerprint density at radius 1 is 0.561 bits per heavy atom. The predicted octanol–water partition coefficient (Wildman–Crippen LogP) is 10.8. The molecule has 6 rings (SSSR count). The molecule has 7 nitrogen and oxygen atoms in total. The lowest BCUT2D eigenvalue weighted by atomic mass is 9.87. The normalized spacial score (nSPS) is 15.3. The van der Waals surface area contributed by atoms with Gasteiger partial charge in [0.1, 0.15) is 0 Å². The van der Waals surface area contributed by atoms with E-state index in [2.05, 4.69) is 144 Å². The van der Waals surface area contributed by atoms with E-state index >= 15 is 0 Å². The number of aromatic nitrogens is 1. The molecule has 0 atom stereocenters. The molecule has 0 aliphatic carbocycles. The van der Waals surface area contributed by atoms with Gasteiger partial charge in [0, 0.05) is 83.1 Å². The van der Waals surface area contributed by atoms with Gasteiger partial charge in [-0.15, -0.1) is 0 Å². The molecule has 2 aliphatic rings. The Balaban J connectivity index is 0.000000230. The van der Waals surface area contributed by atoms with E-state index in [0.29, 0.717) is 0 Å². The monoisotopic (exact) mass is 833 g/mol. The van der Waals surface area contributed by atoms with Crippen molar-refractivity contribution in [2.75, 3.05) is 40.3 Å². The molecule has 0 saturated carbocycles. The van der Waals surface area contributed by atoms with Crippen molar-refractivity contribution in [1.82, 2.24) is 24.6 Å². The Morgan fingerprint density at radius 2 is 0.965 bits per heavy atom. The van der Waals surface area contributed by atoms with Crippen LogP contribution in [-0.2, 0) is 0 Å². The lowest BCUT2D eigenvalue weighted by Crippen LogP contribution is -2.42. The molecule has 1 aromatic heterocycles. The van der Waals surface area contributed by atoms with E-state index < -0.39 is 0 Å². The van der Waals surface area contributed by atoms with Crippen LogP contribution in [0.15, 0.2) is 96.2 Å². The zero-order valence-corrected chi connectivity index (χ0v) is 37.6. The average Bonchev–Trinajstić information content (AvgIpc) is 3.19. The second kappa shape index (κ2) is 20.0. The van der Waals surface area contributed by atoms with Gasteiger partial charge in [-0.1, -0.05) is 75.6 Å². The highest BCUT2D eigenvalue weighted by molar-refractivity contribution is 9.15. The van der Waals surface area contributed by atoms with Gasteiger partial charge in [0.2, 0.25) is 0 Å². The number of likely N-dealkylation sites (tertiary alicyclic amines) is 2. The lowest BCUT2D eigenvalue weighted by Gasteiger charge is -2.31. The van der Waals surface area contributed by atoms with E-state index in [1.54, 1.807) is 0 Å². The molecule has 0 bridgehead atoms. The van der Waals surface area contributed by atoms with Crippen LogP contribution in [0.4, 0.5) is 0 Å². The number of para-hydroxylation sites is 1. The number of amides is 2. The predicted molar refractivity (Wildman–Crippen MR) is 243 cm³/mol. The van der Waals surface area contributed by atoms with Gasteiger partial charge < -0.3 is 19.6 Å². The molecule has 3 heterocycles. The van der Waals surface area contributed by atoms with Crippen molar-refractivity contribution in [1.29, 1.82) is 0 Å². The number of rotatable bonds is 9. The van der Waals surface area contributed by atoms with E-state index in [1.807, 2.05) is 46.3 Å². The first-order valence-corrected chi connectivity index (χ1v) is 21.6. The molecule has 0 N–H and O–H groups in total. The third-order valence-corrected chi connectivity index (χ3v) is 12.3. The summed E-state index contributed by atoms with van der Waals surface area (Å²) in [6.45, 7) is 20.9. The molecule has 0 radical (unpaired) electrons. The number of pyridine rings is 1. The summed E-state index contributed by atoms with van der Waals surface area (Å²) in [7, 11) is 4.35. The van der Waals surface area contributed by atoms with Crippen LogP contribution in [-0.4, -0.2) is 101 Å². The Kier molecular flexibility index (Phi) is 15.5. The number of hydrogen-bond acceptors (Lipinski definition) is 5. The first-order valence-electron chi connectivity index (χ1n) is 20.8. The van der Waals surface area contributed by atoms with Crippen LogP contribution in [0.5, 0.6) is 0 Å². The number of piperidine rings is 2. The average molecular weight is 835 g/mol. The number of carbonyl (C=O) groups is 2. The topological polar surface area (TPSA) is 60.0 Å². The maximum Gasteiger partial charge on any atom is 0.254 e. The van der Waals surface area contributed by atoms with Crippen LogP contribution in [0.3, 0.4) is 0 Å². The summed E-state index contributed by atoms with van der Waals surface area (Å²) in [6, 6.07) is 27.5. The molecule has 2 saturated heterocycles. The lowest BCUT2D eigenvalue weighted by molar-refractivity contribution is 0.0634. The molecule has 2 amide bonds. The van der Waals surface area contributed by atoms with E-state index in [1.165, 1.54) is 26.8 Å². The van der Waals surface area contributed by atoms with Gasteiger partial charge >= 0.3 is 0 Å². The van der Waals surface area contributed by atoms with Crippen LogP contribution in [0.2, 0.25) is 0 Å². The third kappa shape index (κ3) is 10.9. The molecule has 57 heavy (non-hydrogen) atoms. The van der Waals surface area contributed by atoms with Crippen molar-refractivity contribution in [3.05, 3.63) is 124 Å². The van der Waals surface area contributed by atoms with Gasteiger partial charge in [-0.3, -0.25) is 14.6 Å². The zero-order chi connectivity index (χ0) is 41.4. The molecule has 0 spiro atoms. The molecule has 2 aliphatic heterocycles. The molecule has 2 fully saturated rings. The fraction of sp³-hybridized carbons (Fsp3) is 0.449. The fourth-order valence-corrected chi connectivity index (χ4v) is 8.93. The van der Waals surface area contributed by atoms with E-state index in [0.717, 1.165) is 85.0 Å². The molecule has 0 unspecified atom stereocenters. The standard InChI is InChI=1S/C29H35N3O.C20H29BrN2O/c1-20(2)32(21(3)4)29(33)25-13-11-22(12-14-25)27(23-15-18-31(5)19-16-23)26-10-6-8-24-9-7-17-30-28(24)26;1-14(2)23(15(3)4)20(24)18-8-6-16(7-9-18)19(21)17-10-12-22(5)13-11-17/h6-14,17,20-21H,15-16,18-19H2,1-5H3;6-9,14-15H,10-13H2,1-5H3. The quantitative estimate of drug-likeness (QED) is 0.168. The minimum Gasteiger partial charge on any atom is -0.334 e. The molecule has 4 aromatic rings. The van der Waals surface area contributed by atoms with Crippen molar-refractivity contribution >= 4 is 48.7 Å². The number of carbonyl (C=O) groups excluding carboxylic acids is 2. The fourth-order valence-electron chi connectivity index (χ4n) is 8.27. The van der Waals surface area contributed by atoms with Crippen LogP contribution < -0.4 is 0 Å². The summed E-state index contributed by atoms with van der Waals surface area (Å²) in [5, 5.41) is 1.15. The maximum atomic E-state index is 13.2. The van der Waals surface area contributed by atoms with Crippen LogP contribution in [0, 0.1) is 0 Å². The van der Waals surface area contributed by atoms with Gasteiger partial charge in [-0.2, -0.15) is 0 Å². The summed E-state index contributed by atoms with van der Waals surface area (Å²) in [4.78, 5) is 39.3. The van der Waals surface area contributed by atoms with Crippen molar-refractivity contribution in [3.8, 4) is 0 Å². The van der Waals surface area contributed by atoms with E-state index in [9.17, 15) is 9.59 Å². The van der Waals surface area contributed by atoms with E-state index in [-0.39, 0.29) is 36.0 Å². The molecular weight excluding hydrogens is 770 g/mol. The highest BCUT2D eigenvalue weighted by Crippen LogP contribution is 2.36. The maximum absolute atomic E-state index is 13.2. The Morgan fingerprint density at radius 3 is 1.42 bits per heavy atom. The number of benzene rings is 3. The third-order valence-electron chi connectivity index (χ3n) is 11.2. The first kappa shape index (κ1) is 44.0. The molecule has 3 aromatic carbocycles. The van der Waals surface area contributed by atoms with Gasteiger partial charge in [0.15, 0.2) is 0 Å². The van der Waals surface area contributed by atoms with Gasteiger partial charge in [-0.05, 0) is 142 Å². The Labute approximate surface area is 351 Å². The second-order valence-electron chi connectivity index (χ2n) is 16.8. The molecule has 8 heteroatoms. The van der Waals surface area contributed by atoms with Crippen molar-refractivity contribution < 1.29 is 9.59 Å². The van der Waals surface area contributed by atoms with Crippen molar-refractivity contribution in [3.63, 3.8) is 0 Å². The van der Waals surface area contributed by atoms with E-state index in [4.69, 9.17) is 4.98 Å². The summed E-state index contributed by atoms with van der Waals surface area (Å²) in [5.74, 6) is 0.196. The summed E-state index contributed by atoms with van der Waals surface area (Å²) >= 11 is 3.77. The molecular formula is C49H64BrN5O2. The smallest absolute Gasteiger partial charge is 0.254 e. The van der Waals surface area contributed by atoms with Crippen LogP contribution >= 0.6 is 15.9 Å². The van der Waals surface area contributed by atoms with Crippen molar-refractivity contribution in [2.45, 2.75) is 105 Å².